The molecule has 3 N–H and O–H groups in total. The fourth-order valence-electron chi connectivity index (χ4n) is 1.56. The van der Waals surface area contributed by atoms with Crippen LogP contribution in [0.25, 0.3) is 18.2 Å². The molecule has 0 radical (unpaired) electrons. The first kappa shape index (κ1) is 15.9. The summed E-state index contributed by atoms with van der Waals surface area (Å²) in [4.78, 5) is 31.7. The minimum Gasteiger partial charge on any atom is -0.478 e. The van der Waals surface area contributed by atoms with Crippen LogP contribution in [0, 0.1) is 0 Å². The molecule has 0 saturated carbocycles. The van der Waals surface area contributed by atoms with Crippen LogP contribution in [0.3, 0.4) is 0 Å². The number of aliphatic carboxylic acids is 3. The molecule has 6 heteroatoms. The van der Waals surface area contributed by atoms with Gasteiger partial charge < -0.3 is 15.3 Å². The maximum absolute atomic E-state index is 10.6. The number of carboxylic acids is 3. The van der Waals surface area contributed by atoms with Crippen molar-refractivity contribution in [3.8, 4) is 0 Å². The van der Waals surface area contributed by atoms with E-state index in [4.69, 9.17) is 15.3 Å². The molecule has 0 atom stereocenters. The van der Waals surface area contributed by atoms with Gasteiger partial charge in [-0.2, -0.15) is 0 Å². The molecule has 108 valence electrons. The van der Waals surface area contributed by atoms with Gasteiger partial charge in [0.05, 0.1) is 0 Å². The highest BCUT2D eigenvalue weighted by molar-refractivity contribution is 5.91. The zero-order chi connectivity index (χ0) is 15.8. The Labute approximate surface area is 120 Å². The van der Waals surface area contributed by atoms with Crippen molar-refractivity contribution in [3.63, 3.8) is 0 Å². The van der Waals surface area contributed by atoms with Crippen molar-refractivity contribution in [2.45, 2.75) is 0 Å². The van der Waals surface area contributed by atoms with E-state index in [0.717, 1.165) is 18.2 Å². The zero-order valence-corrected chi connectivity index (χ0v) is 10.8. The smallest absolute Gasteiger partial charge is 0.328 e. The van der Waals surface area contributed by atoms with Gasteiger partial charge >= 0.3 is 17.9 Å². The lowest BCUT2D eigenvalue weighted by atomic mass is 9.99. The van der Waals surface area contributed by atoms with Crippen LogP contribution in [0.4, 0.5) is 0 Å². The fraction of sp³-hybridized carbons (Fsp3) is 0. The Morgan fingerprint density at radius 1 is 0.714 bits per heavy atom. The molecule has 1 rings (SSSR count). The van der Waals surface area contributed by atoms with Crippen molar-refractivity contribution in [2.75, 3.05) is 0 Å². The summed E-state index contributed by atoms with van der Waals surface area (Å²) in [6.45, 7) is 0. The number of carbonyl (C=O) groups is 3. The van der Waals surface area contributed by atoms with Gasteiger partial charge in [0.25, 0.3) is 0 Å². The molecule has 21 heavy (non-hydrogen) atoms. The quantitative estimate of drug-likeness (QED) is 0.690. The van der Waals surface area contributed by atoms with Crippen LogP contribution in [0.2, 0.25) is 0 Å². The third kappa shape index (κ3) is 5.56. The van der Waals surface area contributed by atoms with Gasteiger partial charge in [-0.3, -0.25) is 0 Å². The second-order valence-corrected chi connectivity index (χ2v) is 3.86. The van der Waals surface area contributed by atoms with E-state index >= 15 is 0 Å². The summed E-state index contributed by atoms with van der Waals surface area (Å²) in [5.41, 5.74) is 1.33. The molecule has 0 unspecified atom stereocenters. The summed E-state index contributed by atoms with van der Waals surface area (Å²) in [6, 6.07) is 4.80. The highest BCUT2D eigenvalue weighted by Gasteiger charge is 2.03. The highest BCUT2D eigenvalue weighted by Crippen LogP contribution is 2.20. The standard InChI is InChI=1S/C15H12O6/c16-13(17)7-4-10-2-1-3-11(5-8-14(18)19)12(10)6-9-15(20)21/h1-9H,(H,16,17)(H,18,19)(H,20,21). The van der Waals surface area contributed by atoms with Crippen LogP contribution < -0.4 is 0 Å². The van der Waals surface area contributed by atoms with Crippen LogP contribution in [0.5, 0.6) is 0 Å². The number of hydrogen-bond acceptors (Lipinski definition) is 3. The van der Waals surface area contributed by atoms with Gasteiger partial charge in [0, 0.05) is 18.2 Å². The number of carboxylic acid groups (broad SMARTS) is 3. The third-order valence-electron chi connectivity index (χ3n) is 2.38. The Balaban J connectivity index is 3.36. The topological polar surface area (TPSA) is 112 Å². The molecule has 1 aromatic carbocycles. The average Bonchev–Trinajstić information content (AvgIpc) is 2.40. The lowest BCUT2D eigenvalue weighted by molar-refractivity contribution is -0.132. The summed E-state index contributed by atoms with van der Waals surface area (Å²) in [5, 5.41) is 26.0. The third-order valence-corrected chi connectivity index (χ3v) is 2.38. The van der Waals surface area contributed by atoms with Crippen LogP contribution in [-0.2, 0) is 14.4 Å². The lowest BCUT2D eigenvalue weighted by Crippen LogP contribution is -1.92. The van der Waals surface area contributed by atoms with Gasteiger partial charge in [0.2, 0.25) is 0 Å². The van der Waals surface area contributed by atoms with E-state index in [-0.39, 0.29) is 0 Å². The average molecular weight is 288 g/mol. The van der Waals surface area contributed by atoms with E-state index in [1.165, 1.54) is 18.2 Å². The minimum atomic E-state index is -1.17. The van der Waals surface area contributed by atoms with Crippen LogP contribution in [-0.4, -0.2) is 33.2 Å². The van der Waals surface area contributed by atoms with Crippen LogP contribution in [0.15, 0.2) is 36.4 Å². The molecular formula is C15H12O6. The molecule has 1 aromatic rings. The molecule has 0 saturated heterocycles. The van der Waals surface area contributed by atoms with Crippen molar-refractivity contribution in [1.82, 2.24) is 0 Å². The Hall–Kier alpha value is -3.15. The first-order valence-electron chi connectivity index (χ1n) is 5.76. The van der Waals surface area contributed by atoms with Crippen molar-refractivity contribution in [1.29, 1.82) is 0 Å². The van der Waals surface area contributed by atoms with Gasteiger partial charge in [-0.25, -0.2) is 14.4 Å². The lowest BCUT2D eigenvalue weighted by Gasteiger charge is -2.05. The SMILES string of the molecule is O=C(O)C=Cc1cccc(C=CC(=O)O)c1C=CC(=O)O. The zero-order valence-electron chi connectivity index (χ0n) is 10.8. The van der Waals surface area contributed by atoms with E-state index in [2.05, 4.69) is 0 Å². The summed E-state index contributed by atoms with van der Waals surface area (Å²) < 4.78 is 0. The van der Waals surface area contributed by atoms with Gasteiger partial charge in [-0.05, 0) is 34.9 Å². The van der Waals surface area contributed by atoms with Gasteiger partial charge in [0.1, 0.15) is 0 Å². The van der Waals surface area contributed by atoms with Gasteiger partial charge in [-0.1, -0.05) is 18.2 Å². The maximum Gasteiger partial charge on any atom is 0.328 e. The first-order valence-corrected chi connectivity index (χ1v) is 5.76. The van der Waals surface area contributed by atoms with Crippen molar-refractivity contribution in [2.24, 2.45) is 0 Å². The van der Waals surface area contributed by atoms with Crippen molar-refractivity contribution >= 4 is 36.1 Å². The van der Waals surface area contributed by atoms with Crippen LogP contribution in [0.1, 0.15) is 16.7 Å². The molecule has 0 aliphatic carbocycles. The predicted molar refractivity (Wildman–Crippen MR) is 76.5 cm³/mol. The second kappa shape index (κ2) is 7.44. The monoisotopic (exact) mass is 288 g/mol. The van der Waals surface area contributed by atoms with Crippen LogP contribution >= 0.6 is 0 Å². The molecular weight excluding hydrogens is 276 g/mol. The number of hydrogen-bond donors (Lipinski definition) is 3. The van der Waals surface area contributed by atoms with Crippen molar-refractivity contribution in [3.05, 3.63) is 53.1 Å². The Morgan fingerprint density at radius 3 is 1.48 bits per heavy atom. The number of benzene rings is 1. The molecule has 0 aliphatic rings. The number of rotatable bonds is 6. The van der Waals surface area contributed by atoms with E-state index in [0.29, 0.717) is 16.7 Å². The normalized spacial score (nSPS) is 11.4. The van der Waals surface area contributed by atoms with E-state index in [1.54, 1.807) is 18.2 Å². The fourth-order valence-corrected chi connectivity index (χ4v) is 1.56. The summed E-state index contributed by atoms with van der Waals surface area (Å²) in [7, 11) is 0. The van der Waals surface area contributed by atoms with Gasteiger partial charge in [0.15, 0.2) is 0 Å². The van der Waals surface area contributed by atoms with Gasteiger partial charge in [-0.15, -0.1) is 0 Å². The molecule has 0 aromatic heterocycles. The molecule has 0 spiro atoms. The Kier molecular flexibility index (Phi) is 5.64. The maximum atomic E-state index is 10.6. The largest absolute Gasteiger partial charge is 0.478 e. The predicted octanol–water partition coefficient (Wildman–Crippen LogP) is 1.98. The molecule has 0 amide bonds. The van der Waals surface area contributed by atoms with E-state index < -0.39 is 17.9 Å². The van der Waals surface area contributed by atoms with E-state index in [1.807, 2.05) is 0 Å². The van der Waals surface area contributed by atoms with E-state index in [9.17, 15) is 14.4 Å². The molecule has 0 heterocycles. The molecule has 0 bridgehead atoms. The molecule has 6 nitrogen and oxygen atoms in total. The summed E-state index contributed by atoms with van der Waals surface area (Å²) in [6.07, 6.45) is 6.62. The molecule has 0 aliphatic heterocycles. The molecule has 0 fully saturated rings. The van der Waals surface area contributed by atoms with Crippen molar-refractivity contribution < 1.29 is 29.7 Å². The Morgan fingerprint density at radius 2 is 1.10 bits per heavy atom. The Bertz CT molecular complexity index is 610. The minimum absolute atomic E-state index is 0.412. The summed E-state index contributed by atoms with van der Waals surface area (Å²) >= 11 is 0. The first-order chi connectivity index (χ1) is 9.90. The second-order valence-electron chi connectivity index (χ2n) is 3.86. The highest BCUT2D eigenvalue weighted by atomic mass is 16.4. The summed E-state index contributed by atoms with van der Waals surface area (Å²) in [5.74, 6) is -3.45.